The molecule has 0 bridgehead atoms. The minimum Gasteiger partial charge on any atom is -0.478 e. The summed E-state index contributed by atoms with van der Waals surface area (Å²) >= 11 is 0. The summed E-state index contributed by atoms with van der Waals surface area (Å²) < 4.78 is 14.2. The number of carbonyl (C=O) groups is 2. The number of nitrogens with zero attached hydrogens (tertiary/aromatic N) is 5. The number of hydrogen-bond donors (Lipinski definition) is 1. The largest absolute Gasteiger partial charge is 0.478 e. The first-order valence-electron chi connectivity index (χ1n) is 15.1. The van der Waals surface area contributed by atoms with Crippen molar-refractivity contribution in [2.45, 2.75) is 69.9 Å². The number of pyridine rings is 2. The fourth-order valence-electron chi connectivity index (χ4n) is 6.03. The van der Waals surface area contributed by atoms with Crippen LogP contribution in [0.1, 0.15) is 77.0 Å². The summed E-state index contributed by atoms with van der Waals surface area (Å²) in [4.78, 5) is 39.7. The van der Waals surface area contributed by atoms with Crippen molar-refractivity contribution in [3.05, 3.63) is 83.1 Å². The average Bonchev–Trinajstić information content (AvgIpc) is 3.33. The molecule has 10 nitrogen and oxygen atoms in total. The Kier molecular flexibility index (Phi) is 8.61. The second-order valence-electron chi connectivity index (χ2n) is 11.8. The summed E-state index contributed by atoms with van der Waals surface area (Å²) in [6.07, 6.45) is 4.42. The van der Waals surface area contributed by atoms with Gasteiger partial charge in [0.2, 0.25) is 5.88 Å². The van der Waals surface area contributed by atoms with Crippen LogP contribution in [0.2, 0.25) is 5.54 Å². The van der Waals surface area contributed by atoms with Crippen LogP contribution in [0.3, 0.4) is 0 Å². The molecule has 2 aliphatic heterocycles. The van der Waals surface area contributed by atoms with E-state index in [0.29, 0.717) is 30.5 Å². The third-order valence-electron chi connectivity index (χ3n) is 8.92. The number of carbonyl (C=O) groups excluding carboxylic acids is 1. The Balaban J connectivity index is 1.12. The molecule has 4 aromatic rings. The lowest BCUT2D eigenvalue weighted by Crippen LogP contribution is -2.50. The highest BCUT2D eigenvalue weighted by atomic mass is 28.1. The van der Waals surface area contributed by atoms with Gasteiger partial charge in [-0.25, -0.2) is 14.8 Å². The molecule has 44 heavy (non-hydrogen) atoms. The van der Waals surface area contributed by atoms with E-state index in [-0.39, 0.29) is 29.1 Å². The first-order valence-corrected chi connectivity index (χ1v) is 15.6. The van der Waals surface area contributed by atoms with E-state index in [4.69, 9.17) is 19.4 Å². The van der Waals surface area contributed by atoms with Crippen molar-refractivity contribution in [1.29, 1.82) is 0 Å². The molecule has 1 aromatic carbocycles. The molecule has 2 aliphatic rings. The molecule has 2 unspecified atom stereocenters. The molecule has 0 amide bonds. The Morgan fingerprint density at radius 3 is 2.55 bits per heavy atom. The van der Waals surface area contributed by atoms with Crippen molar-refractivity contribution in [2.75, 3.05) is 19.7 Å². The number of imidazole rings is 1. The van der Waals surface area contributed by atoms with Crippen LogP contribution >= 0.6 is 0 Å². The standard InChI is InChI=1S/C33H36N5O5Si/c1-21(39)25-6-8-26(34-17-25)19-42-31-5-3-4-27(36-31)23-10-13-37(14-11-23)18-30-35-28-9-7-24(32(40)41)16-29(28)38(30)20-33(22(2)44)12-15-43-33/h3-9,16-17,22-23H,10-15,18-20H2,1-2H3,(H,40,41). The van der Waals surface area contributed by atoms with Crippen LogP contribution in [-0.4, -0.2) is 76.8 Å². The molecule has 3 aromatic heterocycles. The van der Waals surface area contributed by atoms with Crippen molar-refractivity contribution in [3.63, 3.8) is 0 Å². The molecule has 0 aliphatic carbocycles. The van der Waals surface area contributed by atoms with E-state index in [1.165, 1.54) is 6.92 Å². The first kappa shape index (κ1) is 30.1. The first-order chi connectivity index (χ1) is 21.2. The highest BCUT2D eigenvalue weighted by Gasteiger charge is 2.42. The zero-order valence-electron chi connectivity index (χ0n) is 25.0. The SMILES string of the molecule is CC(=O)c1ccc(COc2cccc(C3CCN(Cc4nc5ccc(C(=O)O)cc5n4CC4(C(C)[Si])CCO4)CC3)n2)nc1. The number of fused-ring (bicyclic) bond motifs is 1. The summed E-state index contributed by atoms with van der Waals surface area (Å²) in [6, 6.07) is 14.6. The molecule has 6 rings (SSSR count). The molecule has 2 saturated heterocycles. The van der Waals surface area contributed by atoms with Gasteiger partial charge in [-0.3, -0.25) is 14.7 Å². The summed E-state index contributed by atoms with van der Waals surface area (Å²) in [6.45, 7) is 7.68. The van der Waals surface area contributed by atoms with Gasteiger partial charge in [-0.05, 0) is 74.8 Å². The summed E-state index contributed by atoms with van der Waals surface area (Å²) in [5.74, 6) is 0.834. The number of ether oxygens (including phenoxy) is 2. The van der Waals surface area contributed by atoms with Gasteiger partial charge >= 0.3 is 5.97 Å². The molecule has 2 fully saturated rings. The molecular formula is C33H36N5O5Si. The number of ketones is 1. The van der Waals surface area contributed by atoms with Gasteiger partial charge in [-0.15, -0.1) is 0 Å². The second-order valence-corrected chi connectivity index (χ2v) is 12.7. The Morgan fingerprint density at radius 1 is 1.14 bits per heavy atom. The molecule has 2 atom stereocenters. The van der Waals surface area contributed by atoms with Gasteiger partial charge in [0.1, 0.15) is 12.4 Å². The average molecular weight is 611 g/mol. The maximum absolute atomic E-state index is 11.7. The normalized spacial score (nSPS) is 19.9. The number of rotatable bonds is 11. The lowest BCUT2D eigenvalue weighted by atomic mass is 9.90. The number of benzene rings is 1. The number of piperidine rings is 1. The molecule has 11 heteroatoms. The number of Topliss-reactive ketones (excluding diaryl/α,β-unsaturated/α-hetero) is 1. The van der Waals surface area contributed by atoms with Crippen molar-refractivity contribution >= 4 is 33.0 Å². The third kappa shape index (κ3) is 6.31. The number of hydrogen-bond acceptors (Lipinski definition) is 8. The zero-order chi connectivity index (χ0) is 30.8. The summed E-state index contributed by atoms with van der Waals surface area (Å²) in [7, 11) is 3.81. The quantitative estimate of drug-likeness (QED) is 0.188. The molecular weight excluding hydrogens is 574 g/mol. The molecule has 5 heterocycles. The van der Waals surface area contributed by atoms with Crippen LogP contribution in [0.5, 0.6) is 5.88 Å². The van der Waals surface area contributed by atoms with Crippen LogP contribution in [-0.2, 0) is 24.4 Å². The van der Waals surface area contributed by atoms with Crippen molar-refractivity contribution in [2.24, 2.45) is 0 Å². The van der Waals surface area contributed by atoms with Gasteiger partial charge in [0.05, 0.1) is 47.6 Å². The van der Waals surface area contributed by atoms with Crippen LogP contribution in [0, 0.1) is 0 Å². The Bertz CT molecular complexity index is 1660. The fourth-order valence-corrected chi connectivity index (χ4v) is 6.35. The van der Waals surface area contributed by atoms with Crippen molar-refractivity contribution in [3.8, 4) is 5.88 Å². The molecule has 0 saturated carbocycles. The molecule has 227 valence electrons. The van der Waals surface area contributed by atoms with Crippen LogP contribution in [0.25, 0.3) is 11.0 Å². The van der Waals surface area contributed by atoms with E-state index < -0.39 is 5.97 Å². The maximum atomic E-state index is 11.7. The second kappa shape index (κ2) is 12.6. The Morgan fingerprint density at radius 2 is 1.91 bits per heavy atom. The van der Waals surface area contributed by atoms with Crippen molar-refractivity contribution < 1.29 is 24.2 Å². The van der Waals surface area contributed by atoms with Crippen LogP contribution in [0.4, 0.5) is 0 Å². The van der Waals surface area contributed by atoms with Crippen LogP contribution < -0.4 is 4.74 Å². The van der Waals surface area contributed by atoms with Gasteiger partial charge in [-0.2, -0.15) is 0 Å². The zero-order valence-corrected chi connectivity index (χ0v) is 26.0. The van der Waals surface area contributed by atoms with Gasteiger partial charge in [0, 0.05) is 46.1 Å². The van der Waals surface area contributed by atoms with Gasteiger partial charge < -0.3 is 19.1 Å². The van der Waals surface area contributed by atoms with E-state index >= 15 is 0 Å². The minimum atomic E-state index is -0.950. The number of carboxylic acids is 1. The molecule has 0 spiro atoms. The van der Waals surface area contributed by atoms with Gasteiger partial charge in [-0.1, -0.05) is 13.0 Å². The van der Waals surface area contributed by atoms with E-state index in [0.717, 1.165) is 67.2 Å². The Hall–Kier alpha value is -3.93. The predicted molar refractivity (Wildman–Crippen MR) is 165 cm³/mol. The number of likely N-dealkylation sites (tertiary alicyclic amines) is 1. The third-order valence-corrected chi connectivity index (χ3v) is 9.45. The minimum absolute atomic E-state index is 0.0146. The topological polar surface area (TPSA) is 120 Å². The van der Waals surface area contributed by atoms with Gasteiger partial charge in [0.15, 0.2) is 5.78 Å². The summed E-state index contributed by atoms with van der Waals surface area (Å²) in [5, 5.41) is 9.63. The van der Waals surface area contributed by atoms with E-state index in [9.17, 15) is 14.7 Å². The Labute approximate surface area is 259 Å². The fraction of sp³-hybridized carbons (Fsp3) is 0.424. The van der Waals surface area contributed by atoms with E-state index in [1.54, 1.807) is 36.5 Å². The van der Waals surface area contributed by atoms with Crippen molar-refractivity contribution in [1.82, 2.24) is 24.4 Å². The number of carboxylic acid groups (broad SMARTS) is 1. The summed E-state index contributed by atoms with van der Waals surface area (Å²) in [5.41, 5.74) is 3.99. The van der Waals surface area contributed by atoms with E-state index in [1.807, 2.05) is 12.1 Å². The molecule has 3 radical (unpaired) electrons. The van der Waals surface area contributed by atoms with Crippen LogP contribution in [0.15, 0.2) is 54.7 Å². The maximum Gasteiger partial charge on any atom is 0.335 e. The lowest BCUT2D eigenvalue weighted by molar-refractivity contribution is -0.156. The highest BCUT2D eigenvalue weighted by Crippen LogP contribution is 2.39. The monoisotopic (exact) mass is 610 g/mol. The number of aromatic nitrogens is 4. The number of aromatic carboxylic acids is 1. The highest BCUT2D eigenvalue weighted by molar-refractivity contribution is 6.12. The molecule has 1 N–H and O–H groups in total. The smallest absolute Gasteiger partial charge is 0.335 e. The predicted octanol–water partition coefficient (Wildman–Crippen LogP) is 4.82. The van der Waals surface area contributed by atoms with Gasteiger partial charge in [0.25, 0.3) is 0 Å². The lowest BCUT2D eigenvalue weighted by Gasteiger charge is -2.46. The van der Waals surface area contributed by atoms with E-state index in [2.05, 4.69) is 37.7 Å².